The average Bonchev–Trinajstić information content (AvgIpc) is 2.61. The number of nitrogens with zero attached hydrogens (tertiary/aromatic N) is 1. The first-order valence-electron chi connectivity index (χ1n) is 5.50. The summed E-state index contributed by atoms with van der Waals surface area (Å²) in [6.07, 6.45) is -0.0647. The van der Waals surface area contributed by atoms with E-state index < -0.39 is 0 Å². The molecule has 96 valence electrons. The Morgan fingerprint density at radius 1 is 1.71 bits per heavy atom. The minimum atomic E-state index is -0.0647. The summed E-state index contributed by atoms with van der Waals surface area (Å²) in [6, 6.07) is 2.43. The van der Waals surface area contributed by atoms with Crippen LogP contribution in [0.5, 0.6) is 0 Å². The Morgan fingerprint density at radius 2 is 2.47 bits per heavy atom. The monoisotopic (exact) mass is 339 g/mol. The van der Waals surface area contributed by atoms with Crippen molar-refractivity contribution in [2.75, 3.05) is 19.8 Å². The zero-order valence-electron chi connectivity index (χ0n) is 9.53. The Labute approximate surface area is 118 Å². The Bertz CT molecular complexity index is 368. The van der Waals surface area contributed by atoms with E-state index in [0.717, 1.165) is 21.9 Å². The molecule has 0 spiro atoms. The summed E-state index contributed by atoms with van der Waals surface area (Å²) in [5.74, 6) is 0. The van der Waals surface area contributed by atoms with Crippen LogP contribution in [0.25, 0.3) is 0 Å². The molecule has 1 aromatic rings. The lowest BCUT2D eigenvalue weighted by atomic mass is 10.2. The van der Waals surface area contributed by atoms with Gasteiger partial charge in [0.25, 0.3) is 0 Å². The fourth-order valence-corrected chi connectivity index (χ4v) is 3.69. The summed E-state index contributed by atoms with van der Waals surface area (Å²) in [5, 5.41) is 9.13. The summed E-state index contributed by atoms with van der Waals surface area (Å²) in [5.41, 5.74) is 0. The number of morpholine rings is 1. The van der Waals surface area contributed by atoms with Crippen LogP contribution in [-0.4, -0.2) is 41.9 Å². The number of aliphatic hydroxyl groups excluding tert-OH is 1. The predicted molar refractivity (Wildman–Crippen MR) is 73.7 cm³/mol. The van der Waals surface area contributed by atoms with Gasteiger partial charge < -0.3 is 9.84 Å². The van der Waals surface area contributed by atoms with Crippen LogP contribution in [0, 0.1) is 0 Å². The second-order valence-electron chi connectivity index (χ2n) is 4.25. The van der Waals surface area contributed by atoms with Crippen LogP contribution in [0.1, 0.15) is 11.8 Å². The Hall–Kier alpha value is 0.350. The molecule has 2 rings (SSSR count). The van der Waals surface area contributed by atoms with Crippen LogP contribution >= 0.6 is 38.9 Å². The standard InChI is InChI=1S/C11H15BrClNO2S/c1-7-6-16-8(5-15)3-14(7)4-9-2-10(12)11(13)17-9/h2,7-8,15H,3-6H2,1H3/t7-,8-/m1/s1. The second kappa shape index (κ2) is 5.99. The van der Waals surface area contributed by atoms with E-state index in [1.165, 1.54) is 4.88 Å². The normalized spacial score (nSPS) is 26.4. The first-order chi connectivity index (χ1) is 8.10. The third-order valence-electron chi connectivity index (χ3n) is 2.89. The Kier molecular flexibility index (Phi) is 4.86. The lowest BCUT2D eigenvalue weighted by molar-refractivity contribution is -0.0802. The van der Waals surface area contributed by atoms with Crippen LogP contribution in [0.4, 0.5) is 0 Å². The fourth-order valence-electron chi connectivity index (χ4n) is 1.88. The van der Waals surface area contributed by atoms with Gasteiger partial charge in [0.2, 0.25) is 0 Å². The van der Waals surface area contributed by atoms with E-state index in [2.05, 4.69) is 33.8 Å². The molecule has 0 aromatic carbocycles. The number of thiophene rings is 1. The van der Waals surface area contributed by atoms with E-state index in [1.807, 2.05) is 0 Å². The molecular formula is C11H15BrClNO2S. The van der Waals surface area contributed by atoms with Crippen molar-refractivity contribution in [2.45, 2.75) is 25.6 Å². The van der Waals surface area contributed by atoms with Crippen LogP contribution < -0.4 is 0 Å². The maximum Gasteiger partial charge on any atom is 0.107 e. The largest absolute Gasteiger partial charge is 0.394 e. The summed E-state index contributed by atoms with van der Waals surface area (Å²) in [7, 11) is 0. The molecule has 1 aromatic heterocycles. The molecule has 0 saturated carbocycles. The number of halogens is 2. The molecule has 1 aliphatic rings. The van der Waals surface area contributed by atoms with E-state index in [4.69, 9.17) is 21.4 Å². The van der Waals surface area contributed by atoms with E-state index in [0.29, 0.717) is 12.6 Å². The molecular weight excluding hydrogens is 326 g/mol. The first-order valence-corrected chi connectivity index (χ1v) is 7.49. The molecule has 6 heteroatoms. The maximum absolute atomic E-state index is 9.13. The van der Waals surface area contributed by atoms with Gasteiger partial charge in [-0.3, -0.25) is 4.90 Å². The smallest absolute Gasteiger partial charge is 0.107 e. The molecule has 2 atom stereocenters. The van der Waals surface area contributed by atoms with Crippen molar-refractivity contribution in [1.29, 1.82) is 0 Å². The molecule has 0 unspecified atom stereocenters. The number of ether oxygens (including phenoxy) is 1. The van der Waals surface area contributed by atoms with Crippen LogP contribution in [-0.2, 0) is 11.3 Å². The van der Waals surface area contributed by atoms with Crippen molar-refractivity contribution in [3.8, 4) is 0 Å². The highest BCUT2D eigenvalue weighted by Crippen LogP contribution is 2.33. The van der Waals surface area contributed by atoms with E-state index in [1.54, 1.807) is 11.3 Å². The molecule has 2 heterocycles. The number of hydrogen-bond acceptors (Lipinski definition) is 4. The van der Waals surface area contributed by atoms with Gasteiger partial charge in [-0.1, -0.05) is 11.6 Å². The third kappa shape index (κ3) is 3.43. The molecule has 1 saturated heterocycles. The third-order valence-corrected chi connectivity index (χ3v) is 5.35. The molecule has 3 nitrogen and oxygen atoms in total. The lowest BCUT2D eigenvalue weighted by Crippen LogP contribution is -2.48. The fraction of sp³-hybridized carbons (Fsp3) is 0.636. The number of hydrogen-bond donors (Lipinski definition) is 1. The first kappa shape index (κ1) is 13.8. The van der Waals surface area contributed by atoms with Crippen LogP contribution in [0.15, 0.2) is 10.5 Å². The lowest BCUT2D eigenvalue weighted by Gasteiger charge is -2.37. The maximum atomic E-state index is 9.13. The predicted octanol–water partition coefficient (Wildman–Crippen LogP) is 2.75. The zero-order chi connectivity index (χ0) is 12.4. The number of rotatable bonds is 3. The average molecular weight is 341 g/mol. The molecule has 1 fully saturated rings. The van der Waals surface area contributed by atoms with Crippen molar-refractivity contribution < 1.29 is 9.84 Å². The minimum Gasteiger partial charge on any atom is -0.394 e. The van der Waals surface area contributed by atoms with Crippen molar-refractivity contribution in [3.63, 3.8) is 0 Å². The topological polar surface area (TPSA) is 32.7 Å². The zero-order valence-corrected chi connectivity index (χ0v) is 12.7. The Balaban J connectivity index is 2.01. The van der Waals surface area contributed by atoms with E-state index >= 15 is 0 Å². The van der Waals surface area contributed by atoms with E-state index in [-0.39, 0.29) is 12.7 Å². The SMILES string of the molecule is C[C@@H]1CO[C@@H](CO)CN1Cc1cc(Br)c(Cl)s1. The van der Waals surface area contributed by atoms with Gasteiger partial charge in [0.1, 0.15) is 4.34 Å². The number of aliphatic hydroxyl groups is 1. The molecule has 1 N–H and O–H groups in total. The summed E-state index contributed by atoms with van der Waals surface area (Å²) in [6.45, 7) is 4.52. The quantitative estimate of drug-likeness (QED) is 0.918. The molecule has 0 aliphatic carbocycles. The van der Waals surface area contributed by atoms with Gasteiger partial charge >= 0.3 is 0 Å². The van der Waals surface area contributed by atoms with Gasteiger partial charge in [-0.15, -0.1) is 11.3 Å². The molecule has 0 bridgehead atoms. The molecule has 0 radical (unpaired) electrons. The van der Waals surface area contributed by atoms with Gasteiger partial charge in [0.05, 0.1) is 19.3 Å². The highest BCUT2D eigenvalue weighted by Gasteiger charge is 2.26. The van der Waals surface area contributed by atoms with Gasteiger partial charge in [-0.2, -0.15) is 0 Å². The van der Waals surface area contributed by atoms with Gasteiger partial charge in [0, 0.05) is 28.5 Å². The highest BCUT2D eigenvalue weighted by molar-refractivity contribution is 9.10. The van der Waals surface area contributed by atoms with Crippen LogP contribution in [0.2, 0.25) is 4.34 Å². The van der Waals surface area contributed by atoms with Crippen molar-refractivity contribution in [2.24, 2.45) is 0 Å². The Morgan fingerprint density at radius 3 is 3.06 bits per heavy atom. The summed E-state index contributed by atoms with van der Waals surface area (Å²) >= 11 is 11.0. The highest BCUT2D eigenvalue weighted by atomic mass is 79.9. The second-order valence-corrected chi connectivity index (χ2v) is 6.84. The minimum absolute atomic E-state index is 0.0647. The molecule has 17 heavy (non-hydrogen) atoms. The summed E-state index contributed by atoms with van der Waals surface area (Å²) in [4.78, 5) is 3.55. The van der Waals surface area contributed by atoms with Gasteiger partial charge in [-0.05, 0) is 28.9 Å². The molecule has 0 amide bonds. The van der Waals surface area contributed by atoms with Crippen molar-refractivity contribution >= 4 is 38.9 Å². The van der Waals surface area contributed by atoms with Gasteiger partial charge in [0.15, 0.2) is 0 Å². The van der Waals surface area contributed by atoms with E-state index in [9.17, 15) is 0 Å². The van der Waals surface area contributed by atoms with Crippen LogP contribution in [0.3, 0.4) is 0 Å². The molecule has 1 aliphatic heterocycles. The van der Waals surface area contributed by atoms with Crippen molar-refractivity contribution in [1.82, 2.24) is 4.90 Å². The van der Waals surface area contributed by atoms with Crippen molar-refractivity contribution in [3.05, 3.63) is 19.8 Å². The van der Waals surface area contributed by atoms with Gasteiger partial charge in [-0.25, -0.2) is 0 Å². The summed E-state index contributed by atoms with van der Waals surface area (Å²) < 4.78 is 7.26.